The van der Waals surface area contributed by atoms with Crippen molar-refractivity contribution in [3.8, 4) is 11.3 Å². The van der Waals surface area contributed by atoms with E-state index in [2.05, 4.69) is 30.4 Å². The molecule has 1 saturated heterocycles. The Balaban J connectivity index is 1.16. The minimum atomic E-state index is -3.00. The second kappa shape index (κ2) is 9.97. The maximum absolute atomic E-state index is 14.7. The van der Waals surface area contributed by atoms with Gasteiger partial charge in [0.15, 0.2) is 11.6 Å². The molecule has 2 aliphatic rings. The lowest BCUT2D eigenvalue weighted by molar-refractivity contribution is -0.118. The Morgan fingerprint density at radius 3 is 2.62 bits per heavy atom. The van der Waals surface area contributed by atoms with E-state index in [1.807, 2.05) is 6.92 Å². The van der Waals surface area contributed by atoms with Crippen LogP contribution in [-0.2, 0) is 4.79 Å². The number of piperidine rings is 1. The van der Waals surface area contributed by atoms with Gasteiger partial charge in [-0.25, -0.2) is 28.1 Å². The van der Waals surface area contributed by atoms with Crippen LogP contribution in [0.3, 0.4) is 0 Å². The van der Waals surface area contributed by atoms with E-state index < -0.39 is 35.3 Å². The van der Waals surface area contributed by atoms with E-state index in [1.165, 1.54) is 6.20 Å². The first-order valence-electron chi connectivity index (χ1n) is 12.3. The summed E-state index contributed by atoms with van der Waals surface area (Å²) in [6.45, 7) is 2.51. The van der Waals surface area contributed by atoms with Gasteiger partial charge in [0.2, 0.25) is 5.91 Å². The van der Waals surface area contributed by atoms with Crippen molar-refractivity contribution < 1.29 is 22.8 Å². The Labute approximate surface area is 230 Å². The number of carbonyl (C=O) groups is 2. The van der Waals surface area contributed by atoms with Crippen LogP contribution in [0.15, 0.2) is 49.3 Å². The average Bonchev–Trinajstić information content (AvgIpc) is 3.45. The lowest BCUT2D eigenvalue weighted by Gasteiger charge is -2.18. The van der Waals surface area contributed by atoms with E-state index in [9.17, 15) is 22.8 Å². The van der Waals surface area contributed by atoms with Crippen LogP contribution >= 0.6 is 11.6 Å². The number of alkyl halides is 2. The fourth-order valence-corrected chi connectivity index (χ4v) is 4.88. The number of rotatable bonds is 7. The Morgan fingerprint density at radius 2 is 1.93 bits per heavy atom. The highest BCUT2D eigenvalue weighted by atomic mass is 35.5. The van der Waals surface area contributed by atoms with Gasteiger partial charge in [-0.3, -0.25) is 19.3 Å². The van der Waals surface area contributed by atoms with Gasteiger partial charge in [-0.15, -0.1) is 0 Å². The normalized spacial score (nSPS) is 18.6. The molecule has 3 aromatic heterocycles. The van der Waals surface area contributed by atoms with Gasteiger partial charge in [0, 0.05) is 29.8 Å². The van der Waals surface area contributed by atoms with E-state index in [0.29, 0.717) is 29.7 Å². The van der Waals surface area contributed by atoms with E-state index in [0.717, 1.165) is 30.9 Å². The number of anilines is 2. The lowest BCUT2D eigenvalue weighted by atomic mass is 10.0. The number of benzene rings is 1. The van der Waals surface area contributed by atoms with Gasteiger partial charge < -0.3 is 10.2 Å². The molecular formula is C26H20ClF3N8O2. The molecule has 0 radical (unpaired) electrons. The molecule has 3 atom stereocenters. The van der Waals surface area contributed by atoms with Crippen LogP contribution in [0.4, 0.5) is 24.5 Å². The topological polar surface area (TPSA) is 119 Å². The highest BCUT2D eigenvalue weighted by molar-refractivity contribution is 6.31. The van der Waals surface area contributed by atoms with Gasteiger partial charge in [-0.05, 0) is 25.3 Å². The van der Waals surface area contributed by atoms with Crippen LogP contribution in [-0.4, -0.2) is 48.1 Å². The summed E-state index contributed by atoms with van der Waals surface area (Å²) in [5.41, 5.74) is -0.675. The van der Waals surface area contributed by atoms with E-state index in [1.54, 1.807) is 28.2 Å². The molecule has 1 saturated carbocycles. The van der Waals surface area contributed by atoms with Crippen molar-refractivity contribution in [3.05, 3.63) is 77.2 Å². The summed E-state index contributed by atoms with van der Waals surface area (Å²) in [4.78, 5) is 43.6. The molecule has 4 heterocycles. The van der Waals surface area contributed by atoms with Crippen LogP contribution in [0.2, 0.25) is 5.02 Å². The standard InChI is InChI=1S/C26H20ClF3N8O2/c1-12(24-32-6-15(7-33-24)37-10-13-4-17(13)26(37)40)38-11-14(5-34-38)35-25(39)20-9-31-8-19(36-20)21-16(23(29)30)2-3-18(27)22(21)28/h2-3,5-9,11-13,17,23H,4,10H2,1H3,(H,35,39)/t12?,13-,17-/m1/s1. The third kappa shape index (κ3) is 4.66. The maximum atomic E-state index is 14.7. The summed E-state index contributed by atoms with van der Waals surface area (Å²) < 4.78 is 43.2. The number of hydrogen-bond donors (Lipinski definition) is 1. The first-order valence-corrected chi connectivity index (χ1v) is 12.7. The minimum absolute atomic E-state index is 0.115. The van der Waals surface area contributed by atoms with Crippen molar-refractivity contribution in [1.29, 1.82) is 0 Å². The molecule has 4 aromatic rings. The molecule has 1 aliphatic carbocycles. The third-order valence-electron chi connectivity index (χ3n) is 7.01. The van der Waals surface area contributed by atoms with Crippen molar-refractivity contribution in [3.63, 3.8) is 0 Å². The summed E-state index contributed by atoms with van der Waals surface area (Å²) in [5, 5.41) is 6.50. The maximum Gasteiger partial charge on any atom is 0.275 e. The van der Waals surface area contributed by atoms with Crippen LogP contribution < -0.4 is 10.2 Å². The highest BCUT2D eigenvalue weighted by Gasteiger charge is 2.52. The van der Waals surface area contributed by atoms with Crippen molar-refractivity contribution >= 4 is 34.8 Å². The highest BCUT2D eigenvalue weighted by Crippen LogP contribution is 2.47. The zero-order valence-corrected chi connectivity index (χ0v) is 21.6. The number of halogens is 4. The third-order valence-corrected chi connectivity index (χ3v) is 7.30. The number of hydrogen-bond acceptors (Lipinski definition) is 7. The van der Waals surface area contributed by atoms with Crippen molar-refractivity contribution in [2.45, 2.75) is 25.8 Å². The van der Waals surface area contributed by atoms with Crippen LogP contribution in [0.25, 0.3) is 11.3 Å². The largest absolute Gasteiger partial charge is 0.318 e. The van der Waals surface area contributed by atoms with E-state index in [-0.39, 0.29) is 28.2 Å². The molecule has 0 bridgehead atoms. The first-order chi connectivity index (χ1) is 19.2. The summed E-state index contributed by atoms with van der Waals surface area (Å²) in [7, 11) is 0. The zero-order valence-electron chi connectivity index (χ0n) is 20.8. The number of fused-ring (bicyclic) bond motifs is 1. The van der Waals surface area contributed by atoms with Crippen molar-refractivity contribution in [1.82, 2.24) is 29.7 Å². The zero-order chi connectivity index (χ0) is 28.1. The molecule has 1 aliphatic heterocycles. The second-order valence-corrected chi connectivity index (χ2v) is 10.0. The molecule has 6 rings (SSSR count). The molecule has 14 heteroatoms. The molecule has 40 heavy (non-hydrogen) atoms. The van der Waals surface area contributed by atoms with E-state index in [4.69, 9.17) is 11.6 Å². The lowest BCUT2D eigenvalue weighted by Crippen LogP contribution is -2.28. The quantitative estimate of drug-likeness (QED) is 0.343. The molecule has 1 N–H and O–H groups in total. The predicted molar refractivity (Wildman–Crippen MR) is 137 cm³/mol. The van der Waals surface area contributed by atoms with Gasteiger partial charge in [0.05, 0.1) is 53.1 Å². The molecule has 1 unspecified atom stereocenters. The van der Waals surface area contributed by atoms with Crippen LogP contribution in [0.5, 0.6) is 0 Å². The van der Waals surface area contributed by atoms with Gasteiger partial charge in [0.1, 0.15) is 11.7 Å². The van der Waals surface area contributed by atoms with Gasteiger partial charge in [-0.1, -0.05) is 17.7 Å². The smallest absolute Gasteiger partial charge is 0.275 e. The number of aromatic nitrogens is 6. The number of nitrogens with zero attached hydrogens (tertiary/aromatic N) is 7. The molecule has 2 amide bonds. The number of nitrogens with one attached hydrogen (secondary N) is 1. The second-order valence-electron chi connectivity index (χ2n) is 9.61. The molecule has 0 spiro atoms. The molecule has 10 nitrogen and oxygen atoms in total. The predicted octanol–water partition coefficient (Wildman–Crippen LogP) is 4.70. The fourth-order valence-electron chi connectivity index (χ4n) is 4.73. The van der Waals surface area contributed by atoms with E-state index >= 15 is 0 Å². The first kappa shape index (κ1) is 25.9. The molecule has 2 fully saturated rings. The molecular weight excluding hydrogens is 549 g/mol. The van der Waals surface area contributed by atoms with Crippen LogP contribution in [0, 0.1) is 17.7 Å². The number of amides is 2. The Kier molecular flexibility index (Phi) is 6.45. The Bertz CT molecular complexity index is 1630. The van der Waals surface area contributed by atoms with Gasteiger partial charge in [-0.2, -0.15) is 5.10 Å². The summed E-state index contributed by atoms with van der Waals surface area (Å²) in [5.74, 6) is -0.650. The molecule has 204 valence electrons. The van der Waals surface area contributed by atoms with Crippen molar-refractivity contribution in [2.75, 3.05) is 16.8 Å². The summed E-state index contributed by atoms with van der Waals surface area (Å²) >= 11 is 5.79. The minimum Gasteiger partial charge on any atom is -0.318 e. The number of carbonyl (C=O) groups excluding carboxylic acids is 2. The van der Waals surface area contributed by atoms with Crippen LogP contribution in [0.1, 0.15) is 47.7 Å². The Morgan fingerprint density at radius 1 is 1.15 bits per heavy atom. The monoisotopic (exact) mass is 568 g/mol. The van der Waals surface area contributed by atoms with Gasteiger partial charge in [0.25, 0.3) is 12.3 Å². The molecule has 1 aromatic carbocycles. The average molecular weight is 569 g/mol. The summed E-state index contributed by atoms with van der Waals surface area (Å²) in [6.07, 6.45) is 6.35. The Hall–Kier alpha value is -4.39. The summed E-state index contributed by atoms with van der Waals surface area (Å²) in [6, 6.07) is 1.63. The SMILES string of the molecule is CC(c1ncc(N2C[C@H]3C[C@H]3C2=O)cn1)n1cc(NC(=O)c2cncc(-c3c(C(F)F)ccc(Cl)c3F)n2)cn1. The van der Waals surface area contributed by atoms with Gasteiger partial charge >= 0.3 is 0 Å². The van der Waals surface area contributed by atoms with Crippen molar-refractivity contribution in [2.24, 2.45) is 11.8 Å². The fraction of sp³-hybridized carbons (Fsp3) is 0.269.